The van der Waals surface area contributed by atoms with Gasteiger partial charge in [-0.3, -0.25) is 9.20 Å². The summed E-state index contributed by atoms with van der Waals surface area (Å²) in [5, 5.41) is 12.6. The average Bonchev–Trinajstić information content (AvgIpc) is 3.39. The number of pyridine rings is 2. The van der Waals surface area contributed by atoms with E-state index in [0.717, 1.165) is 35.5 Å². The third-order valence-corrected chi connectivity index (χ3v) is 5.02. The number of rotatable bonds is 3. The zero-order valence-electron chi connectivity index (χ0n) is 14.0. The second-order valence-corrected chi connectivity index (χ2v) is 6.96. The van der Waals surface area contributed by atoms with Crippen LogP contribution in [0.25, 0.3) is 5.52 Å². The molecular formula is C18H20FN3O3. The van der Waals surface area contributed by atoms with E-state index in [1.807, 2.05) is 11.8 Å². The van der Waals surface area contributed by atoms with Crippen molar-refractivity contribution in [2.24, 2.45) is 0 Å². The number of aromatic nitrogens is 1. The van der Waals surface area contributed by atoms with Crippen molar-refractivity contribution >= 4 is 17.2 Å². The molecule has 2 N–H and O–H groups in total. The molecule has 0 spiro atoms. The van der Waals surface area contributed by atoms with Gasteiger partial charge >= 0.3 is 5.97 Å². The highest BCUT2D eigenvalue weighted by Crippen LogP contribution is 2.42. The molecule has 3 heterocycles. The van der Waals surface area contributed by atoms with Crippen molar-refractivity contribution in [3.05, 3.63) is 45.6 Å². The quantitative estimate of drug-likeness (QED) is 0.888. The molecule has 2 aromatic heterocycles. The summed E-state index contributed by atoms with van der Waals surface area (Å²) >= 11 is 0. The van der Waals surface area contributed by atoms with Gasteiger partial charge in [0.2, 0.25) is 0 Å². The van der Waals surface area contributed by atoms with E-state index in [2.05, 4.69) is 5.32 Å². The van der Waals surface area contributed by atoms with Gasteiger partial charge in [0.1, 0.15) is 5.56 Å². The highest BCUT2D eigenvalue weighted by atomic mass is 19.1. The minimum atomic E-state index is -1.28. The van der Waals surface area contributed by atoms with Crippen LogP contribution in [-0.2, 0) is 0 Å². The van der Waals surface area contributed by atoms with E-state index < -0.39 is 17.3 Å². The number of nitrogens with zero attached hydrogens (tertiary/aromatic N) is 2. The largest absolute Gasteiger partial charge is 0.477 e. The fourth-order valence-electron chi connectivity index (χ4n) is 3.60. The molecule has 7 heteroatoms. The van der Waals surface area contributed by atoms with Crippen LogP contribution in [0.5, 0.6) is 0 Å². The molecule has 1 aliphatic carbocycles. The summed E-state index contributed by atoms with van der Waals surface area (Å²) in [5.74, 6) is -1.54. The molecule has 1 atom stereocenters. The number of hydrogen-bond acceptors (Lipinski definition) is 4. The molecule has 4 rings (SSSR count). The Bertz CT molecular complexity index is 920. The van der Waals surface area contributed by atoms with Crippen molar-refractivity contribution in [1.82, 2.24) is 9.72 Å². The Morgan fingerprint density at radius 2 is 2.12 bits per heavy atom. The monoisotopic (exact) mass is 345 g/mol. The molecule has 0 radical (unpaired) electrons. The van der Waals surface area contributed by atoms with Crippen molar-refractivity contribution in [3.63, 3.8) is 0 Å². The Balaban J connectivity index is 1.92. The molecule has 1 aliphatic heterocycles. The van der Waals surface area contributed by atoms with Crippen LogP contribution >= 0.6 is 0 Å². The molecule has 0 aromatic carbocycles. The summed E-state index contributed by atoms with van der Waals surface area (Å²) in [4.78, 5) is 25.8. The van der Waals surface area contributed by atoms with Crippen molar-refractivity contribution in [2.75, 3.05) is 24.5 Å². The lowest BCUT2D eigenvalue weighted by molar-refractivity contribution is 0.0694. The maximum atomic E-state index is 14.7. The molecule has 0 amide bonds. The Kier molecular flexibility index (Phi) is 3.76. The smallest absolute Gasteiger partial charge is 0.341 e. The number of halogens is 1. The molecule has 132 valence electrons. The number of carbonyl (C=O) groups is 1. The van der Waals surface area contributed by atoms with E-state index in [9.17, 15) is 19.1 Å². The summed E-state index contributed by atoms with van der Waals surface area (Å²) in [7, 11) is 0. The highest BCUT2D eigenvalue weighted by Gasteiger charge is 2.29. The first-order valence-electron chi connectivity index (χ1n) is 8.56. The third kappa shape index (κ3) is 2.78. The number of aromatic carboxylic acids is 1. The number of carboxylic acids is 1. The summed E-state index contributed by atoms with van der Waals surface area (Å²) in [6.07, 6.45) is 3.06. The van der Waals surface area contributed by atoms with Gasteiger partial charge in [-0.1, -0.05) is 0 Å². The maximum Gasteiger partial charge on any atom is 0.341 e. The van der Waals surface area contributed by atoms with Crippen LogP contribution < -0.4 is 15.8 Å². The molecule has 2 fully saturated rings. The summed E-state index contributed by atoms with van der Waals surface area (Å²) in [6, 6.07) is 3.43. The molecule has 2 aliphatic rings. The number of fused-ring (bicyclic) bond motifs is 1. The second kappa shape index (κ2) is 5.84. The van der Waals surface area contributed by atoms with Crippen molar-refractivity contribution in [3.8, 4) is 0 Å². The Hall–Kier alpha value is -2.41. The van der Waals surface area contributed by atoms with Gasteiger partial charge in [0.05, 0.1) is 17.4 Å². The van der Waals surface area contributed by atoms with Gasteiger partial charge in [-0.15, -0.1) is 0 Å². The highest BCUT2D eigenvalue weighted by molar-refractivity contribution is 5.88. The predicted molar refractivity (Wildman–Crippen MR) is 92.2 cm³/mol. The standard InChI is InChI=1S/C18H20FN3O3/c1-10-8-21(5-4-20-10)16-7-15-12(11-2-3-11)6-13(18(24)25)17(23)22(15)9-14(16)19/h6-7,9-11,20H,2-5,8H2,1H3,(H,24,25). The number of nitrogens with one attached hydrogen (secondary N) is 1. The molecule has 0 bridgehead atoms. The lowest BCUT2D eigenvalue weighted by Gasteiger charge is -2.34. The number of piperazine rings is 1. The summed E-state index contributed by atoms with van der Waals surface area (Å²) in [6.45, 7) is 4.19. The molecule has 2 aromatic rings. The molecule has 1 unspecified atom stereocenters. The molecular weight excluding hydrogens is 325 g/mol. The van der Waals surface area contributed by atoms with Crippen LogP contribution in [-0.4, -0.2) is 41.2 Å². The van der Waals surface area contributed by atoms with Crippen LogP contribution in [0.4, 0.5) is 10.1 Å². The van der Waals surface area contributed by atoms with Gasteiger partial charge in [0, 0.05) is 25.7 Å². The first kappa shape index (κ1) is 16.1. The molecule has 1 saturated carbocycles. The average molecular weight is 345 g/mol. The lowest BCUT2D eigenvalue weighted by Crippen LogP contribution is -2.49. The Labute approximate surface area is 143 Å². The van der Waals surface area contributed by atoms with E-state index in [1.165, 1.54) is 6.07 Å². The minimum Gasteiger partial charge on any atom is -0.477 e. The number of carboxylic acid groups (broad SMARTS) is 1. The van der Waals surface area contributed by atoms with Crippen LogP contribution in [0.3, 0.4) is 0 Å². The van der Waals surface area contributed by atoms with Gasteiger partial charge in [-0.2, -0.15) is 0 Å². The van der Waals surface area contributed by atoms with Crippen LogP contribution in [0, 0.1) is 5.82 Å². The van der Waals surface area contributed by atoms with Gasteiger partial charge in [-0.05, 0) is 43.4 Å². The fourth-order valence-corrected chi connectivity index (χ4v) is 3.60. The van der Waals surface area contributed by atoms with E-state index >= 15 is 0 Å². The maximum absolute atomic E-state index is 14.7. The summed E-state index contributed by atoms with van der Waals surface area (Å²) in [5.41, 5.74) is 0.910. The third-order valence-electron chi connectivity index (χ3n) is 5.02. The van der Waals surface area contributed by atoms with E-state index in [4.69, 9.17) is 0 Å². The van der Waals surface area contributed by atoms with Crippen LogP contribution in [0.2, 0.25) is 0 Å². The first-order valence-corrected chi connectivity index (χ1v) is 8.56. The van der Waals surface area contributed by atoms with Crippen molar-refractivity contribution in [1.29, 1.82) is 0 Å². The van der Waals surface area contributed by atoms with Crippen LogP contribution in [0.1, 0.15) is 41.6 Å². The van der Waals surface area contributed by atoms with Gasteiger partial charge in [0.15, 0.2) is 5.82 Å². The predicted octanol–water partition coefficient (Wildman–Crippen LogP) is 1.81. The fraction of sp³-hybridized carbons (Fsp3) is 0.444. The van der Waals surface area contributed by atoms with E-state index in [1.54, 1.807) is 6.07 Å². The minimum absolute atomic E-state index is 0.244. The van der Waals surface area contributed by atoms with Gasteiger partial charge in [0.25, 0.3) is 5.56 Å². The topological polar surface area (TPSA) is 74.1 Å². The van der Waals surface area contributed by atoms with Crippen molar-refractivity contribution in [2.45, 2.75) is 31.7 Å². The zero-order valence-corrected chi connectivity index (χ0v) is 14.0. The molecule has 1 saturated heterocycles. The van der Waals surface area contributed by atoms with Gasteiger partial charge < -0.3 is 15.3 Å². The SMILES string of the molecule is CC1CN(c2cc3c(C4CC4)cc(C(=O)O)c(=O)n3cc2F)CCN1. The number of hydrogen-bond donors (Lipinski definition) is 2. The van der Waals surface area contributed by atoms with Gasteiger partial charge in [-0.25, -0.2) is 9.18 Å². The number of anilines is 1. The molecule has 25 heavy (non-hydrogen) atoms. The second-order valence-electron chi connectivity index (χ2n) is 6.96. The Morgan fingerprint density at radius 3 is 2.76 bits per heavy atom. The van der Waals surface area contributed by atoms with Crippen LogP contribution in [0.15, 0.2) is 23.1 Å². The Morgan fingerprint density at radius 1 is 1.36 bits per heavy atom. The zero-order chi connectivity index (χ0) is 17.7. The van der Waals surface area contributed by atoms with E-state index in [-0.39, 0.29) is 17.5 Å². The lowest BCUT2D eigenvalue weighted by atomic mass is 10.1. The summed E-state index contributed by atoms with van der Waals surface area (Å²) < 4.78 is 15.9. The first-order chi connectivity index (χ1) is 12.0. The normalized spacial score (nSPS) is 20.9. The van der Waals surface area contributed by atoms with E-state index in [0.29, 0.717) is 24.3 Å². The molecule has 6 nitrogen and oxygen atoms in total. The van der Waals surface area contributed by atoms with Crippen molar-refractivity contribution < 1.29 is 14.3 Å².